The fraction of sp³-hybridized carbons (Fsp3) is 0.571. The number of ether oxygens (including phenoxy) is 1. The molecule has 1 N–H and O–H groups in total. The van der Waals surface area contributed by atoms with Crippen molar-refractivity contribution in [2.75, 3.05) is 5.32 Å². The number of benzene rings is 1. The van der Waals surface area contributed by atoms with E-state index in [1.807, 2.05) is 0 Å². The summed E-state index contributed by atoms with van der Waals surface area (Å²) in [6.07, 6.45) is 8.53. The molecular weight excluding hydrogens is 436 g/mol. The zero-order chi connectivity index (χ0) is 23.9. The Morgan fingerprint density at radius 3 is 2.66 bits per heavy atom. The number of anilines is 1. The predicted molar refractivity (Wildman–Crippen MR) is 135 cm³/mol. The maximum atomic E-state index is 9.66. The van der Waals surface area contributed by atoms with Crippen molar-refractivity contribution in [2.24, 2.45) is 17.8 Å². The zero-order valence-electron chi connectivity index (χ0n) is 20.7. The highest BCUT2D eigenvalue weighted by Gasteiger charge is 2.33. The summed E-state index contributed by atoms with van der Waals surface area (Å²) in [7, 11) is 0. The van der Waals surface area contributed by atoms with Gasteiger partial charge in [-0.3, -0.25) is 0 Å². The van der Waals surface area contributed by atoms with Gasteiger partial charge in [0.05, 0.1) is 6.61 Å². The molecule has 2 fully saturated rings. The zero-order valence-corrected chi connectivity index (χ0v) is 20.7. The van der Waals surface area contributed by atoms with Crippen molar-refractivity contribution in [3.8, 4) is 6.07 Å². The number of hydrogen-bond donors (Lipinski definition) is 1. The van der Waals surface area contributed by atoms with Gasteiger partial charge in [0, 0.05) is 12.6 Å². The number of hydrogen-bond acceptors (Lipinski definition) is 6. The molecule has 2 aromatic heterocycles. The van der Waals surface area contributed by atoms with E-state index in [0.717, 1.165) is 29.6 Å². The van der Waals surface area contributed by atoms with Crippen LogP contribution in [-0.4, -0.2) is 25.6 Å². The molecule has 1 aromatic carbocycles. The fourth-order valence-corrected chi connectivity index (χ4v) is 6.03. The lowest BCUT2D eigenvalue weighted by Crippen LogP contribution is -2.31. The van der Waals surface area contributed by atoms with Gasteiger partial charge in [0.1, 0.15) is 23.5 Å². The summed E-state index contributed by atoms with van der Waals surface area (Å²) < 4.78 is 8.63. The molecule has 0 amide bonds. The van der Waals surface area contributed by atoms with Gasteiger partial charge in [0.2, 0.25) is 5.82 Å². The molecule has 2 aliphatic carbocycles. The summed E-state index contributed by atoms with van der Waals surface area (Å²) in [5.41, 5.74) is 3.89. The summed E-state index contributed by atoms with van der Waals surface area (Å²) in [4.78, 5) is 14.2. The highest BCUT2D eigenvalue weighted by molar-refractivity contribution is 5.84. The number of imidazole rings is 1. The predicted octanol–water partition coefficient (Wildman–Crippen LogP) is 5.74. The third-order valence-electron chi connectivity index (χ3n) is 8.51. The first-order chi connectivity index (χ1) is 17.1. The molecule has 1 aliphatic heterocycles. The lowest BCUT2D eigenvalue weighted by molar-refractivity contribution is 0.0846. The molecule has 3 heterocycles. The number of fused-ring (bicyclic) bond motifs is 2. The molecule has 7 heteroatoms. The van der Waals surface area contributed by atoms with Crippen molar-refractivity contribution < 1.29 is 4.74 Å². The van der Waals surface area contributed by atoms with E-state index in [1.54, 1.807) is 0 Å². The van der Waals surface area contributed by atoms with Gasteiger partial charge in [-0.25, -0.2) is 4.98 Å². The van der Waals surface area contributed by atoms with Crippen molar-refractivity contribution in [1.29, 1.82) is 5.26 Å². The minimum absolute atomic E-state index is 0.163. The first kappa shape index (κ1) is 22.5. The molecule has 0 spiro atoms. The number of nitrogens with one attached hydrogen (secondary N) is 1. The molecular formula is C28H34N6O. The van der Waals surface area contributed by atoms with Crippen LogP contribution in [0.5, 0.6) is 0 Å². The molecule has 6 rings (SSSR count). The van der Waals surface area contributed by atoms with E-state index in [9.17, 15) is 5.26 Å². The van der Waals surface area contributed by atoms with E-state index in [0.29, 0.717) is 30.1 Å². The summed E-state index contributed by atoms with van der Waals surface area (Å²) in [6, 6.07) is 10.8. The van der Waals surface area contributed by atoms with Crippen LogP contribution in [0.1, 0.15) is 87.7 Å². The van der Waals surface area contributed by atoms with Gasteiger partial charge in [0.25, 0.3) is 0 Å². The Hall–Kier alpha value is -2.98. The fourth-order valence-electron chi connectivity index (χ4n) is 6.03. The van der Waals surface area contributed by atoms with E-state index in [4.69, 9.17) is 9.72 Å². The average Bonchev–Trinajstić information content (AvgIpc) is 3.40. The average molecular weight is 471 g/mol. The maximum Gasteiger partial charge on any atom is 0.236 e. The van der Waals surface area contributed by atoms with Crippen LogP contribution in [0.3, 0.4) is 0 Å². The first-order valence-electron chi connectivity index (χ1n) is 13.2. The largest absolute Gasteiger partial charge is 0.365 e. The Kier molecular flexibility index (Phi) is 5.93. The van der Waals surface area contributed by atoms with Crippen molar-refractivity contribution in [3.63, 3.8) is 0 Å². The van der Waals surface area contributed by atoms with Crippen LogP contribution >= 0.6 is 0 Å². The summed E-state index contributed by atoms with van der Waals surface area (Å²) >= 11 is 0. The van der Waals surface area contributed by atoms with Gasteiger partial charge in [0.15, 0.2) is 11.5 Å². The second-order valence-corrected chi connectivity index (χ2v) is 10.9. The Morgan fingerprint density at radius 1 is 1.11 bits per heavy atom. The minimum atomic E-state index is -0.231. The topological polar surface area (TPSA) is 88.7 Å². The second kappa shape index (κ2) is 9.23. The van der Waals surface area contributed by atoms with Crippen LogP contribution in [0.15, 0.2) is 24.3 Å². The van der Waals surface area contributed by atoms with Crippen LogP contribution in [0.25, 0.3) is 11.2 Å². The van der Waals surface area contributed by atoms with Crippen molar-refractivity contribution in [2.45, 2.75) is 84.1 Å². The van der Waals surface area contributed by atoms with Gasteiger partial charge >= 0.3 is 0 Å². The molecule has 2 saturated carbocycles. The number of aromatic nitrogens is 4. The lowest BCUT2D eigenvalue weighted by atomic mass is 9.80. The third kappa shape index (κ3) is 4.18. The van der Waals surface area contributed by atoms with E-state index in [1.165, 1.54) is 56.1 Å². The summed E-state index contributed by atoms with van der Waals surface area (Å²) in [5, 5.41) is 13.3. The highest BCUT2D eigenvalue weighted by Crippen LogP contribution is 2.39. The van der Waals surface area contributed by atoms with Crippen molar-refractivity contribution in [3.05, 3.63) is 47.0 Å². The Bertz CT molecular complexity index is 1260. The molecule has 7 nitrogen and oxygen atoms in total. The van der Waals surface area contributed by atoms with E-state index in [2.05, 4.69) is 64.0 Å². The number of rotatable bonds is 6. The Balaban J connectivity index is 1.47. The summed E-state index contributed by atoms with van der Waals surface area (Å²) in [5.74, 6) is 3.82. The summed E-state index contributed by atoms with van der Waals surface area (Å²) in [6.45, 7) is 6.05. The van der Waals surface area contributed by atoms with Gasteiger partial charge < -0.3 is 14.6 Å². The maximum absolute atomic E-state index is 9.66. The molecule has 1 unspecified atom stereocenters. The lowest BCUT2D eigenvalue weighted by Gasteiger charge is -2.32. The SMILES string of the molecule is CC1CCC(Cn2c(C3OCc4ccccc43)nc3nc(C#N)nc(N[C@H](C)C4CCC4)c32)CC1. The van der Waals surface area contributed by atoms with Crippen LogP contribution in [0.4, 0.5) is 5.82 Å². The first-order valence-corrected chi connectivity index (χ1v) is 13.2. The van der Waals surface area contributed by atoms with Crippen LogP contribution < -0.4 is 5.32 Å². The van der Waals surface area contributed by atoms with Crippen LogP contribution in [-0.2, 0) is 17.9 Å². The minimum Gasteiger partial charge on any atom is -0.365 e. The molecule has 3 aromatic rings. The van der Waals surface area contributed by atoms with Gasteiger partial charge in [-0.05, 0) is 61.5 Å². The van der Waals surface area contributed by atoms with E-state index >= 15 is 0 Å². The molecule has 35 heavy (non-hydrogen) atoms. The monoisotopic (exact) mass is 470 g/mol. The third-order valence-corrected chi connectivity index (χ3v) is 8.51. The van der Waals surface area contributed by atoms with Crippen molar-refractivity contribution >= 4 is 17.0 Å². The van der Waals surface area contributed by atoms with Crippen molar-refractivity contribution in [1.82, 2.24) is 19.5 Å². The van der Waals surface area contributed by atoms with Gasteiger partial charge in [-0.15, -0.1) is 0 Å². The van der Waals surface area contributed by atoms with Crippen LogP contribution in [0, 0.1) is 29.1 Å². The van der Waals surface area contributed by atoms with E-state index in [-0.39, 0.29) is 11.9 Å². The van der Waals surface area contributed by atoms with Crippen LogP contribution in [0.2, 0.25) is 0 Å². The number of nitriles is 1. The standard InChI is InChI=1S/C28H34N6O/c1-17-10-12-19(13-11-17)15-34-24-26(30-18(2)20-7-5-8-20)31-23(14-29)32-27(24)33-28(34)25-22-9-4-3-6-21(22)16-35-25/h3-4,6,9,17-20,25H,5,7-8,10-13,15-16H2,1-2H3,(H,30,31,32)/t17?,18-,19?,25?/m1/s1. The smallest absolute Gasteiger partial charge is 0.236 e. The normalized spacial score (nSPS) is 25.1. The second-order valence-electron chi connectivity index (χ2n) is 10.9. The molecule has 182 valence electrons. The Labute approximate surface area is 206 Å². The molecule has 3 aliphatic rings. The van der Waals surface area contributed by atoms with Gasteiger partial charge in [-0.1, -0.05) is 50.5 Å². The molecule has 2 atom stereocenters. The number of nitrogens with zero attached hydrogens (tertiary/aromatic N) is 5. The Morgan fingerprint density at radius 2 is 1.91 bits per heavy atom. The molecule has 0 saturated heterocycles. The van der Waals surface area contributed by atoms with Gasteiger partial charge in [-0.2, -0.15) is 15.2 Å². The quantitative estimate of drug-likeness (QED) is 0.494. The van der Waals surface area contributed by atoms with E-state index < -0.39 is 0 Å². The molecule has 0 radical (unpaired) electrons. The molecule has 0 bridgehead atoms. The highest BCUT2D eigenvalue weighted by atomic mass is 16.5.